The van der Waals surface area contributed by atoms with Crippen molar-refractivity contribution in [2.75, 3.05) is 6.61 Å². The number of rotatable bonds is 4. The second-order valence-electron chi connectivity index (χ2n) is 3.09. The standard InChI is InChI=1S/C9H15NO3/c1-7-6-8(12)10(9(7)13)4-2-3-5-11/h6,11-13H,2-5H2,1H3. The van der Waals surface area contributed by atoms with Crippen molar-refractivity contribution in [3.8, 4) is 11.8 Å². The van der Waals surface area contributed by atoms with Crippen LogP contribution in [-0.2, 0) is 6.54 Å². The summed E-state index contributed by atoms with van der Waals surface area (Å²) in [6.45, 7) is 2.41. The number of aryl methyl sites for hydroxylation is 1. The zero-order chi connectivity index (χ0) is 9.84. The Morgan fingerprint density at radius 1 is 1.31 bits per heavy atom. The van der Waals surface area contributed by atoms with Crippen LogP contribution in [0, 0.1) is 6.92 Å². The fourth-order valence-electron chi connectivity index (χ4n) is 1.26. The molecule has 1 heterocycles. The average molecular weight is 185 g/mol. The van der Waals surface area contributed by atoms with Crippen LogP contribution in [0.3, 0.4) is 0 Å². The van der Waals surface area contributed by atoms with E-state index in [1.54, 1.807) is 6.92 Å². The third-order valence-electron chi connectivity index (χ3n) is 2.02. The van der Waals surface area contributed by atoms with Crippen LogP contribution in [-0.4, -0.2) is 26.5 Å². The predicted molar refractivity (Wildman–Crippen MR) is 48.8 cm³/mol. The van der Waals surface area contributed by atoms with E-state index >= 15 is 0 Å². The first-order valence-electron chi connectivity index (χ1n) is 4.35. The summed E-state index contributed by atoms with van der Waals surface area (Å²) in [4.78, 5) is 0. The van der Waals surface area contributed by atoms with E-state index in [4.69, 9.17) is 5.11 Å². The number of aromatic hydroxyl groups is 2. The van der Waals surface area contributed by atoms with Crippen molar-refractivity contribution in [1.29, 1.82) is 0 Å². The Balaban J connectivity index is 2.64. The van der Waals surface area contributed by atoms with Gasteiger partial charge in [0.15, 0.2) is 11.8 Å². The Kier molecular flexibility index (Phi) is 3.19. The molecule has 0 aliphatic heterocycles. The molecular weight excluding hydrogens is 170 g/mol. The van der Waals surface area contributed by atoms with E-state index < -0.39 is 0 Å². The number of aromatic nitrogens is 1. The molecule has 0 unspecified atom stereocenters. The van der Waals surface area contributed by atoms with Gasteiger partial charge in [0.1, 0.15) is 0 Å². The van der Waals surface area contributed by atoms with Gasteiger partial charge in [-0.15, -0.1) is 0 Å². The molecule has 0 aliphatic rings. The van der Waals surface area contributed by atoms with Gasteiger partial charge in [0.05, 0.1) is 0 Å². The maximum absolute atomic E-state index is 9.46. The van der Waals surface area contributed by atoms with Crippen molar-refractivity contribution in [2.24, 2.45) is 0 Å². The molecule has 0 fully saturated rings. The van der Waals surface area contributed by atoms with Crippen LogP contribution in [0.1, 0.15) is 18.4 Å². The predicted octanol–water partition coefficient (Wildman–Crippen LogP) is 0.980. The Labute approximate surface area is 77.1 Å². The molecule has 0 spiro atoms. The fourth-order valence-corrected chi connectivity index (χ4v) is 1.26. The summed E-state index contributed by atoms with van der Waals surface area (Å²) in [5, 5.41) is 27.4. The van der Waals surface area contributed by atoms with E-state index in [1.165, 1.54) is 10.6 Å². The first-order valence-corrected chi connectivity index (χ1v) is 4.35. The van der Waals surface area contributed by atoms with Gasteiger partial charge in [0.25, 0.3) is 0 Å². The number of aliphatic hydroxyl groups is 1. The summed E-state index contributed by atoms with van der Waals surface area (Å²) in [7, 11) is 0. The zero-order valence-corrected chi connectivity index (χ0v) is 7.69. The molecule has 0 aliphatic carbocycles. The maximum Gasteiger partial charge on any atom is 0.196 e. The van der Waals surface area contributed by atoms with Crippen LogP contribution < -0.4 is 0 Å². The molecule has 74 valence electrons. The molecule has 0 bridgehead atoms. The number of nitrogens with zero attached hydrogens (tertiary/aromatic N) is 1. The summed E-state index contributed by atoms with van der Waals surface area (Å²) in [6.07, 6.45) is 1.42. The van der Waals surface area contributed by atoms with Gasteiger partial charge in [-0.2, -0.15) is 0 Å². The SMILES string of the molecule is Cc1cc(O)n(CCCCO)c1O. The van der Waals surface area contributed by atoms with Crippen LogP contribution in [0.4, 0.5) is 0 Å². The quantitative estimate of drug-likeness (QED) is 0.612. The fraction of sp³-hybridized carbons (Fsp3) is 0.556. The third-order valence-corrected chi connectivity index (χ3v) is 2.02. The van der Waals surface area contributed by atoms with E-state index in [-0.39, 0.29) is 18.4 Å². The largest absolute Gasteiger partial charge is 0.494 e. The van der Waals surface area contributed by atoms with Crippen molar-refractivity contribution in [1.82, 2.24) is 4.57 Å². The molecule has 1 rings (SSSR count). The Hall–Kier alpha value is -1.16. The Morgan fingerprint density at radius 3 is 2.46 bits per heavy atom. The third kappa shape index (κ3) is 2.15. The van der Waals surface area contributed by atoms with Crippen molar-refractivity contribution in [2.45, 2.75) is 26.3 Å². The lowest BCUT2D eigenvalue weighted by Crippen LogP contribution is -1.97. The molecule has 1 aromatic rings. The summed E-state index contributed by atoms with van der Waals surface area (Å²) in [5.74, 6) is 0.184. The minimum absolute atomic E-state index is 0.0768. The molecule has 0 saturated heterocycles. The number of hydrogen-bond donors (Lipinski definition) is 3. The first-order chi connectivity index (χ1) is 6.16. The van der Waals surface area contributed by atoms with Gasteiger partial charge >= 0.3 is 0 Å². The molecule has 1 aromatic heterocycles. The molecule has 4 heteroatoms. The van der Waals surface area contributed by atoms with Gasteiger partial charge in [0, 0.05) is 24.8 Å². The number of hydrogen-bond acceptors (Lipinski definition) is 3. The molecule has 3 N–H and O–H groups in total. The second kappa shape index (κ2) is 4.18. The molecule has 0 atom stereocenters. The number of unbranched alkanes of at least 4 members (excludes halogenated alkanes) is 1. The van der Waals surface area contributed by atoms with Crippen molar-refractivity contribution in [3.63, 3.8) is 0 Å². The first kappa shape index (κ1) is 9.92. The molecular formula is C9H15NO3. The normalized spacial score (nSPS) is 10.6. The lowest BCUT2D eigenvalue weighted by molar-refractivity contribution is 0.276. The zero-order valence-electron chi connectivity index (χ0n) is 7.69. The van der Waals surface area contributed by atoms with Crippen LogP contribution in [0.2, 0.25) is 0 Å². The Bertz CT molecular complexity index is 281. The highest BCUT2D eigenvalue weighted by atomic mass is 16.3. The molecule has 0 aromatic carbocycles. The van der Waals surface area contributed by atoms with E-state index in [2.05, 4.69) is 0 Å². The molecule has 0 amide bonds. The monoisotopic (exact) mass is 185 g/mol. The molecule has 0 radical (unpaired) electrons. The highest BCUT2D eigenvalue weighted by molar-refractivity contribution is 5.33. The molecule has 4 nitrogen and oxygen atoms in total. The van der Waals surface area contributed by atoms with E-state index in [0.29, 0.717) is 18.5 Å². The molecule has 13 heavy (non-hydrogen) atoms. The molecule has 0 saturated carbocycles. The lowest BCUT2D eigenvalue weighted by Gasteiger charge is -2.05. The van der Waals surface area contributed by atoms with Crippen LogP contribution in [0.15, 0.2) is 6.07 Å². The van der Waals surface area contributed by atoms with Gasteiger partial charge < -0.3 is 15.3 Å². The smallest absolute Gasteiger partial charge is 0.196 e. The van der Waals surface area contributed by atoms with Crippen molar-refractivity contribution >= 4 is 0 Å². The van der Waals surface area contributed by atoms with E-state index in [9.17, 15) is 10.2 Å². The van der Waals surface area contributed by atoms with E-state index in [1.807, 2.05) is 0 Å². The van der Waals surface area contributed by atoms with Crippen LogP contribution >= 0.6 is 0 Å². The van der Waals surface area contributed by atoms with Crippen molar-refractivity contribution in [3.05, 3.63) is 11.6 Å². The average Bonchev–Trinajstić information content (AvgIpc) is 2.32. The van der Waals surface area contributed by atoms with Gasteiger partial charge in [-0.05, 0) is 19.8 Å². The van der Waals surface area contributed by atoms with Gasteiger partial charge in [-0.25, -0.2) is 0 Å². The second-order valence-corrected chi connectivity index (χ2v) is 3.09. The summed E-state index contributed by atoms with van der Waals surface area (Å²) in [5.41, 5.74) is 0.668. The maximum atomic E-state index is 9.46. The highest BCUT2D eigenvalue weighted by Crippen LogP contribution is 2.26. The highest BCUT2D eigenvalue weighted by Gasteiger charge is 2.09. The van der Waals surface area contributed by atoms with Gasteiger partial charge in [-0.3, -0.25) is 4.57 Å². The summed E-state index contributed by atoms with van der Waals surface area (Å²) in [6, 6.07) is 1.52. The minimum atomic E-state index is 0.0768. The summed E-state index contributed by atoms with van der Waals surface area (Å²) < 4.78 is 1.44. The van der Waals surface area contributed by atoms with E-state index in [0.717, 1.165) is 6.42 Å². The minimum Gasteiger partial charge on any atom is -0.494 e. The van der Waals surface area contributed by atoms with Crippen LogP contribution in [0.25, 0.3) is 0 Å². The Morgan fingerprint density at radius 2 is 2.00 bits per heavy atom. The van der Waals surface area contributed by atoms with Crippen molar-refractivity contribution < 1.29 is 15.3 Å². The number of aliphatic hydroxyl groups excluding tert-OH is 1. The topological polar surface area (TPSA) is 65.6 Å². The lowest BCUT2D eigenvalue weighted by atomic mass is 10.3. The van der Waals surface area contributed by atoms with Gasteiger partial charge in [0.2, 0.25) is 0 Å². The summed E-state index contributed by atoms with van der Waals surface area (Å²) >= 11 is 0. The van der Waals surface area contributed by atoms with Gasteiger partial charge in [-0.1, -0.05) is 0 Å². The van der Waals surface area contributed by atoms with Crippen LogP contribution in [0.5, 0.6) is 11.8 Å².